The molecule has 0 fully saturated rings. The molecule has 2 aromatic carbocycles. The lowest BCUT2D eigenvalue weighted by molar-refractivity contribution is 0.0958. The molecule has 27 heavy (non-hydrogen) atoms. The summed E-state index contributed by atoms with van der Waals surface area (Å²) in [6, 6.07) is 12.9. The van der Waals surface area contributed by atoms with E-state index in [4.69, 9.17) is 0 Å². The second kappa shape index (κ2) is 9.17. The first-order valence-electron chi connectivity index (χ1n) is 9.28. The van der Waals surface area contributed by atoms with Crippen molar-refractivity contribution in [1.82, 2.24) is 5.32 Å². The lowest BCUT2D eigenvalue weighted by atomic mass is 9.92. The number of amides is 2. The molecule has 0 spiro atoms. The van der Waals surface area contributed by atoms with Crippen LogP contribution >= 0.6 is 0 Å². The molecule has 2 aromatic rings. The Morgan fingerprint density at radius 2 is 1.44 bits per heavy atom. The summed E-state index contributed by atoms with van der Waals surface area (Å²) in [5.74, 6) is 0.128. The summed E-state index contributed by atoms with van der Waals surface area (Å²) in [6.45, 7) is 12.4. The molecule has 4 heteroatoms. The fourth-order valence-electron chi connectivity index (χ4n) is 2.95. The van der Waals surface area contributed by atoms with Crippen molar-refractivity contribution in [3.63, 3.8) is 0 Å². The molecular weight excluding hydrogens is 336 g/mol. The van der Waals surface area contributed by atoms with Crippen LogP contribution < -0.4 is 10.6 Å². The predicted octanol–water partition coefficient (Wildman–Crippen LogP) is 5.10. The highest BCUT2D eigenvalue weighted by Crippen LogP contribution is 2.32. The minimum Gasteiger partial charge on any atom is -0.349 e. The summed E-state index contributed by atoms with van der Waals surface area (Å²) in [5, 5.41) is 5.80. The number of hydrogen-bond acceptors (Lipinski definition) is 2. The van der Waals surface area contributed by atoms with E-state index in [-0.39, 0.29) is 23.7 Å². The van der Waals surface area contributed by atoms with E-state index in [1.165, 1.54) is 0 Å². The largest absolute Gasteiger partial charge is 0.349 e. The van der Waals surface area contributed by atoms with Crippen LogP contribution in [-0.4, -0.2) is 18.4 Å². The highest BCUT2D eigenvalue weighted by atomic mass is 16.2. The van der Waals surface area contributed by atoms with Crippen LogP contribution in [0.4, 0.5) is 5.69 Å². The van der Waals surface area contributed by atoms with Gasteiger partial charge in [-0.05, 0) is 41.2 Å². The monoisotopic (exact) mass is 364 g/mol. The van der Waals surface area contributed by atoms with Crippen LogP contribution in [-0.2, 0) is 0 Å². The molecule has 142 valence electrons. The molecule has 0 atom stereocenters. The number of nitrogens with one attached hydrogen (secondary N) is 2. The summed E-state index contributed by atoms with van der Waals surface area (Å²) in [4.78, 5) is 25.0. The second-order valence-corrected chi connectivity index (χ2v) is 7.15. The van der Waals surface area contributed by atoms with E-state index in [1.54, 1.807) is 30.3 Å². The van der Waals surface area contributed by atoms with Crippen LogP contribution in [0.2, 0.25) is 0 Å². The Kier molecular flexibility index (Phi) is 6.94. The smallest absolute Gasteiger partial charge is 0.255 e. The predicted molar refractivity (Wildman–Crippen MR) is 112 cm³/mol. The third-order valence-electron chi connectivity index (χ3n) is 4.41. The van der Waals surface area contributed by atoms with Gasteiger partial charge in [0, 0.05) is 23.4 Å². The van der Waals surface area contributed by atoms with E-state index < -0.39 is 0 Å². The first-order valence-corrected chi connectivity index (χ1v) is 9.28. The minimum absolute atomic E-state index is 0.219. The molecule has 0 aliphatic carbocycles. The molecule has 0 unspecified atom stereocenters. The van der Waals surface area contributed by atoms with Gasteiger partial charge in [0.2, 0.25) is 0 Å². The average molecular weight is 364 g/mol. The number of para-hydroxylation sites is 1. The zero-order valence-corrected chi connectivity index (χ0v) is 16.5. The third kappa shape index (κ3) is 5.07. The fourth-order valence-corrected chi connectivity index (χ4v) is 2.95. The summed E-state index contributed by atoms with van der Waals surface area (Å²) in [5.41, 5.74) is 3.98. The Hall–Kier alpha value is -2.88. The number of carbonyl (C=O) groups excluding carboxylic acids is 2. The van der Waals surface area contributed by atoms with Crippen molar-refractivity contribution >= 4 is 17.5 Å². The molecule has 2 amide bonds. The van der Waals surface area contributed by atoms with Gasteiger partial charge in [-0.1, -0.05) is 58.0 Å². The highest BCUT2D eigenvalue weighted by Gasteiger charge is 2.17. The Labute approximate surface area is 161 Å². The van der Waals surface area contributed by atoms with Gasteiger partial charge < -0.3 is 10.6 Å². The minimum atomic E-state index is -0.227. The summed E-state index contributed by atoms with van der Waals surface area (Å²) in [6.07, 6.45) is 1.62. The van der Waals surface area contributed by atoms with Crippen molar-refractivity contribution in [3.05, 3.63) is 77.4 Å². The molecule has 0 aliphatic rings. The van der Waals surface area contributed by atoms with Crippen LogP contribution in [0.5, 0.6) is 0 Å². The lowest BCUT2D eigenvalue weighted by Gasteiger charge is -2.20. The highest BCUT2D eigenvalue weighted by molar-refractivity contribution is 6.07. The van der Waals surface area contributed by atoms with E-state index in [2.05, 4.69) is 44.9 Å². The van der Waals surface area contributed by atoms with Gasteiger partial charge in [-0.3, -0.25) is 9.59 Å². The van der Waals surface area contributed by atoms with Gasteiger partial charge in [0.25, 0.3) is 11.8 Å². The molecule has 2 rings (SSSR count). The first-order chi connectivity index (χ1) is 12.8. The number of benzene rings is 2. The fraction of sp³-hybridized carbons (Fsp3) is 0.304. The van der Waals surface area contributed by atoms with E-state index >= 15 is 0 Å². The molecule has 0 heterocycles. The number of carbonyl (C=O) groups is 2. The van der Waals surface area contributed by atoms with Crippen molar-refractivity contribution in [1.29, 1.82) is 0 Å². The molecule has 0 aromatic heterocycles. The van der Waals surface area contributed by atoms with E-state index in [0.29, 0.717) is 17.7 Å². The molecule has 0 aliphatic heterocycles. The van der Waals surface area contributed by atoms with Gasteiger partial charge in [0.05, 0.1) is 0 Å². The average Bonchev–Trinajstić information content (AvgIpc) is 2.65. The standard InChI is InChI=1S/C23H28N2O2/c1-6-13-24-22(26)17-9-7-10-18(14-17)23(27)25-21-19(15(2)3)11-8-12-20(21)16(4)5/h6-12,14-16H,1,13H2,2-5H3,(H,24,26)(H,25,27). The Morgan fingerprint density at radius 1 is 0.926 bits per heavy atom. The summed E-state index contributed by atoms with van der Waals surface area (Å²) in [7, 11) is 0. The summed E-state index contributed by atoms with van der Waals surface area (Å²) >= 11 is 0. The zero-order valence-electron chi connectivity index (χ0n) is 16.5. The molecule has 0 saturated carbocycles. The molecule has 0 saturated heterocycles. The maximum Gasteiger partial charge on any atom is 0.255 e. The van der Waals surface area contributed by atoms with Crippen molar-refractivity contribution in [2.75, 3.05) is 11.9 Å². The van der Waals surface area contributed by atoms with Crippen molar-refractivity contribution in [3.8, 4) is 0 Å². The Bertz CT molecular complexity index is 812. The molecule has 0 radical (unpaired) electrons. The first kappa shape index (κ1) is 20.4. The van der Waals surface area contributed by atoms with Crippen molar-refractivity contribution in [2.24, 2.45) is 0 Å². The van der Waals surface area contributed by atoms with Crippen LogP contribution in [0.3, 0.4) is 0 Å². The number of hydrogen-bond donors (Lipinski definition) is 2. The van der Waals surface area contributed by atoms with Gasteiger partial charge >= 0.3 is 0 Å². The maximum atomic E-state index is 12.9. The van der Waals surface area contributed by atoms with E-state index in [1.807, 2.05) is 18.2 Å². The molecule has 0 bridgehead atoms. The number of anilines is 1. The zero-order chi connectivity index (χ0) is 20.0. The van der Waals surface area contributed by atoms with Gasteiger partial charge in [-0.25, -0.2) is 0 Å². The number of rotatable bonds is 7. The topological polar surface area (TPSA) is 58.2 Å². The van der Waals surface area contributed by atoms with Crippen LogP contribution in [0, 0.1) is 0 Å². The van der Waals surface area contributed by atoms with Crippen molar-refractivity contribution in [2.45, 2.75) is 39.5 Å². The summed E-state index contributed by atoms with van der Waals surface area (Å²) < 4.78 is 0. The molecular formula is C23H28N2O2. The molecule has 2 N–H and O–H groups in total. The normalized spacial score (nSPS) is 10.7. The SMILES string of the molecule is C=CCNC(=O)c1cccc(C(=O)Nc2c(C(C)C)cccc2C(C)C)c1. The quantitative estimate of drug-likeness (QED) is 0.671. The van der Waals surface area contributed by atoms with Gasteiger partial charge in [0.15, 0.2) is 0 Å². The van der Waals surface area contributed by atoms with Crippen LogP contribution in [0.15, 0.2) is 55.1 Å². The maximum absolute atomic E-state index is 12.9. The van der Waals surface area contributed by atoms with Crippen LogP contribution in [0.1, 0.15) is 71.4 Å². The van der Waals surface area contributed by atoms with Gasteiger partial charge in [0.1, 0.15) is 0 Å². The van der Waals surface area contributed by atoms with Crippen molar-refractivity contribution < 1.29 is 9.59 Å². The molecule has 4 nitrogen and oxygen atoms in total. The van der Waals surface area contributed by atoms with E-state index in [0.717, 1.165) is 16.8 Å². The Morgan fingerprint density at radius 3 is 1.96 bits per heavy atom. The van der Waals surface area contributed by atoms with Gasteiger partial charge in [-0.2, -0.15) is 0 Å². The van der Waals surface area contributed by atoms with Gasteiger partial charge in [-0.15, -0.1) is 6.58 Å². The van der Waals surface area contributed by atoms with Crippen LogP contribution in [0.25, 0.3) is 0 Å². The third-order valence-corrected chi connectivity index (χ3v) is 4.41. The second-order valence-electron chi connectivity index (χ2n) is 7.15. The Balaban J connectivity index is 2.33. The lowest BCUT2D eigenvalue weighted by Crippen LogP contribution is -2.24. The van der Waals surface area contributed by atoms with E-state index in [9.17, 15) is 9.59 Å².